The first-order valence-corrected chi connectivity index (χ1v) is 5.17. The lowest BCUT2D eigenvalue weighted by Gasteiger charge is -1.96. The number of hydrogen-bond donors (Lipinski definition) is 0. The summed E-state index contributed by atoms with van der Waals surface area (Å²) < 4.78 is 4.96. The molecule has 0 aliphatic carbocycles. The van der Waals surface area contributed by atoms with E-state index < -0.39 is 0 Å². The van der Waals surface area contributed by atoms with Crippen LogP contribution in [-0.4, -0.2) is 12.4 Å². The van der Waals surface area contributed by atoms with Crippen molar-refractivity contribution in [2.24, 2.45) is 0 Å². The molecule has 0 spiro atoms. The third-order valence-corrected chi connectivity index (χ3v) is 2.11. The van der Waals surface area contributed by atoms with E-state index >= 15 is 0 Å². The lowest BCUT2D eigenvalue weighted by molar-refractivity contribution is 0.445. The highest BCUT2D eigenvalue weighted by molar-refractivity contribution is 6.51. The van der Waals surface area contributed by atoms with Gasteiger partial charge in [0.15, 0.2) is 0 Å². The molecule has 2 nitrogen and oxygen atoms in total. The van der Waals surface area contributed by atoms with Crippen molar-refractivity contribution < 1.29 is 4.52 Å². The van der Waals surface area contributed by atoms with E-state index in [0.29, 0.717) is 0 Å². The van der Waals surface area contributed by atoms with E-state index in [1.807, 2.05) is 6.07 Å². The molecule has 1 radical (unpaired) electrons. The van der Waals surface area contributed by atoms with Crippen LogP contribution in [0.4, 0.5) is 0 Å². The molecule has 0 saturated heterocycles. The van der Waals surface area contributed by atoms with Gasteiger partial charge in [0.1, 0.15) is 0 Å². The fraction of sp³-hybridized carbons (Fsp3) is 0.700. The molecule has 0 N–H and O–H groups in total. The minimum Gasteiger partial charge on any atom is -0.373 e. The second-order valence-electron chi connectivity index (χ2n) is 3.32. The van der Waals surface area contributed by atoms with Crippen LogP contribution < -0.4 is 5.66 Å². The highest BCUT2D eigenvalue weighted by Crippen LogP contribution is 2.04. The van der Waals surface area contributed by atoms with E-state index in [2.05, 4.69) is 19.4 Å². The van der Waals surface area contributed by atoms with Gasteiger partial charge in [0.2, 0.25) is 7.28 Å². The Hall–Kier alpha value is -0.725. The number of nitrogens with zero attached hydrogens (tertiary/aromatic N) is 1. The van der Waals surface area contributed by atoms with Gasteiger partial charge < -0.3 is 4.52 Å². The van der Waals surface area contributed by atoms with Crippen molar-refractivity contribution in [1.29, 1.82) is 0 Å². The van der Waals surface area contributed by atoms with Crippen molar-refractivity contribution >= 4 is 12.9 Å². The summed E-state index contributed by atoms with van der Waals surface area (Å²) in [7, 11) is 2.11. The first kappa shape index (κ1) is 10.4. The van der Waals surface area contributed by atoms with E-state index in [-0.39, 0.29) is 0 Å². The molecule has 1 aromatic rings. The van der Waals surface area contributed by atoms with Gasteiger partial charge in [0.05, 0.1) is 11.9 Å². The topological polar surface area (TPSA) is 26.0 Å². The predicted molar refractivity (Wildman–Crippen MR) is 55.5 cm³/mol. The monoisotopic (exact) mass is 178 g/mol. The van der Waals surface area contributed by atoms with Crippen LogP contribution in [0.5, 0.6) is 0 Å². The third kappa shape index (κ3) is 4.76. The quantitative estimate of drug-likeness (QED) is 0.473. The zero-order valence-electron chi connectivity index (χ0n) is 8.33. The van der Waals surface area contributed by atoms with Crippen molar-refractivity contribution in [2.75, 3.05) is 0 Å². The average Bonchev–Trinajstić information content (AvgIpc) is 2.63. The summed E-state index contributed by atoms with van der Waals surface area (Å²) >= 11 is 0. The van der Waals surface area contributed by atoms with Crippen LogP contribution in [0, 0.1) is 0 Å². The summed E-state index contributed by atoms with van der Waals surface area (Å²) in [6.07, 6.45) is 9.43. The van der Waals surface area contributed by atoms with Crippen molar-refractivity contribution in [3.05, 3.63) is 12.3 Å². The SMILES string of the molecule is CCCCCCC[B]c1ccno1. The molecule has 71 valence electrons. The average molecular weight is 178 g/mol. The van der Waals surface area contributed by atoms with Gasteiger partial charge in [0, 0.05) is 0 Å². The largest absolute Gasteiger partial charge is 0.373 e. The maximum absolute atomic E-state index is 4.96. The molecule has 3 heteroatoms. The van der Waals surface area contributed by atoms with Crippen molar-refractivity contribution in [2.45, 2.75) is 45.3 Å². The van der Waals surface area contributed by atoms with Crippen LogP contribution in [0.25, 0.3) is 0 Å². The van der Waals surface area contributed by atoms with Crippen LogP contribution >= 0.6 is 0 Å². The maximum atomic E-state index is 4.96. The minimum atomic E-state index is 0.899. The molecular weight excluding hydrogens is 161 g/mol. The third-order valence-electron chi connectivity index (χ3n) is 2.11. The van der Waals surface area contributed by atoms with Crippen LogP contribution in [-0.2, 0) is 0 Å². The first-order chi connectivity index (χ1) is 6.43. The number of hydrogen-bond acceptors (Lipinski definition) is 2. The van der Waals surface area contributed by atoms with Gasteiger partial charge in [-0.15, -0.1) is 0 Å². The smallest absolute Gasteiger partial charge is 0.205 e. The lowest BCUT2D eigenvalue weighted by atomic mass is 9.70. The van der Waals surface area contributed by atoms with Gasteiger partial charge in [-0.3, -0.25) is 0 Å². The van der Waals surface area contributed by atoms with Gasteiger partial charge in [0.25, 0.3) is 0 Å². The molecule has 0 saturated carbocycles. The molecule has 1 aromatic heterocycles. The number of rotatable bonds is 7. The second kappa shape index (κ2) is 6.75. The van der Waals surface area contributed by atoms with E-state index in [1.54, 1.807) is 6.20 Å². The number of aromatic nitrogens is 1. The molecule has 0 aromatic carbocycles. The molecule has 0 aliphatic heterocycles. The Bertz CT molecular complexity index is 199. The Morgan fingerprint density at radius 1 is 1.31 bits per heavy atom. The molecule has 0 unspecified atom stereocenters. The highest BCUT2D eigenvalue weighted by Gasteiger charge is 1.98. The summed E-state index contributed by atoms with van der Waals surface area (Å²) in [5, 5.41) is 3.64. The molecule has 13 heavy (non-hydrogen) atoms. The van der Waals surface area contributed by atoms with Crippen LogP contribution in [0.15, 0.2) is 16.8 Å². The predicted octanol–water partition coefficient (Wildman–Crippen LogP) is 2.39. The highest BCUT2D eigenvalue weighted by atomic mass is 16.5. The Kier molecular flexibility index (Phi) is 5.38. The minimum absolute atomic E-state index is 0.899. The van der Waals surface area contributed by atoms with Gasteiger partial charge in [-0.1, -0.05) is 50.5 Å². The Morgan fingerprint density at radius 2 is 2.15 bits per heavy atom. The van der Waals surface area contributed by atoms with Crippen LogP contribution in [0.2, 0.25) is 6.32 Å². The van der Waals surface area contributed by atoms with E-state index in [4.69, 9.17) is 4.52 Å². The molecule has 1 heterocycles. The Morgan fingerprint density at radius 3 is 2.85 bits per heavy atom. The molecule has 1 rings (SSSR count). The summed E-state index contributed by atoms with van der Waals surface area (Å²) in [4.78, 5) is 0. The first-order valence-electron chi connectivity index (χ1n) is 5.17. The van der Waals surface area contributed by atoms with Gasteiger partial charge in [-0.05, 0) is 6.07 Å². The summed E-state index contributed by atoms with van der Waals surface area (Å²) in [5.41, 5.74) is 0.899. The summed E-state index contributed by atoms with van der Waals surface area (Å²) in [6.45, 7) is 2.24. The van der Waals surface area contributed by atoms with Crippen molar-refractivity contribution in [1.82, 2.24) is 5.16 Å². The van der Waals surface area contributed by atoms with E-state index in [0.717, 1.165) is 12.0 Å². The molecule has 0 bridgehead atoms. The van der Waals surface area contributed by atoms with Crippen LogP contribution in [0.3, 0.4) is 0 Å². The maximum Gasteiger partial charge on any atom is 0.205 e. The fourth-order valence-corrected chi connectivity index (χ4v) is 1.32. The summed E-state index contributed by atoms with van der Waals surface area (Å²) in [6, 6.07) is 1.89. The van der Waals surface area contributed by atoms with Crippen molar-refractivity contribution in [3.63, 3.8) is 0 Å². The normalized spacial score (nSPS) is 10.2. The van der Waals surface area contributed by atoms with Gasteiger partial charge >= 0.3 is 0 Å². The fourth-order valence-electron chi connectivity index (χ4n) is 1.32. The number of unbranched alkanes of at least 4 members (excludes halogenated alkanes) is 4. The zero-order valence-corrected chi connectivity index (χ0v) is 8.33. The lowest BCUT2D eigenvalue weighted by Crippen LogP contribution is -2.09. The van der Waals surface area contributed by atoms with Gasteiger partial charge in [-0.25, -0.2) is 0 Å². The van der Waals surface area contributed by atoms with Crippen molar-refractivity contribution in [3.8, 4) is 0 Å². The molecular formula is C10H17BNO. The molecule has 0 atom stereocenters. The second-order valence-corrected chi connectivity index (χ2v) is 3.32. The summed E-state index contributed by atoms with van der Waals surface area (Å²) in [5.74, 6) is 0. The molecule has 0 aliphatic rings. The van der Waals surface area contributed by atoms with Gasteiger partial charge in [-0.2, -0.15) is 0 Å². The van der Waals surface area contributed by atoms with Crippen LogP contribution in [0.1, 0.15) is 39.0 Å². The molecule has 0 amide bonds. The Labute approximate surface area is 80.9 Å². The molecule has 0 fully saturated rings. The zero-order chi connectivity index (χ0) is 9.36. The van der Waals surface area contributed by atoms with E-state index in [1.165, 1.54) is 32.1 Å². The standard InChI is InChI=1S/C10H17BNO/c1-2-3-4-5-6-8-11-10-7-9-12-13-10/h7,9H,2-6,8H2,1H3. The van der Waals surface area contributed by atoms with E-state index in [9.17, 15) is 0 Å². The Balaban J connectivity index is 1.90.